The van der Waals surface area contributed by atoms with Crippen molar-refractivity contribution in [2.24, 2.45) is 0 Å². The van der Waals surface area contributed by atoms with Crippen LogP contribution in [0.4, 0.5) is 10.5 Å². The normalized spacial score (nSPS) is 19.1. The van der Waals surface area contributed by atoms with Gasteiger partial charge in [-0.25, -0.2) is 14.5 Å². The van der Waals surface area contributed by atoms with Gasteiger partial charge in [0.1, 0.15) is 12.1 Å². The molecule has 4 aromatic rings. The number of aromatic nitrogens is 1. The highest BCUT2D eigenvalue weighted by Gasteiger charge is 2.53. The minimum Gasteiger partial charge on any atom is -0.465 e. The van der Waals surface area contributed by atoms with Gasteiger partial charge >= 0.3 is 12.0 Å². The number of hydrogen-bond acceptors (Lipinski definition) is 4. The number of rotatable bonds is 3. The van der Waals surface area contributed by atoms with E-state index in [1.165, 1.54) is 7.11 Å². The molecule has 3 aromatic carbocycles. The molecular formula is C28H23N3O4. The van der Waals surface area contributed by atoms with Gasteiger partial charge in [-0.15, -0.1) is 0 Å². The number of ether oxygens (including phenoxy) is 1. The fourth-order valence-electron chi connectivity index (χ4n) is 5.43. The number of hydrogen-bond donors (Lipinski definition) is 1. The molecule has 174 valence electrons. The number of anilines is 1. The van der Waals surface area contributed by atoms with E-state index in [0.717, 1.165) is 38.2 Å². The average molecular weight is 466 g/mol. The Kier molecular flexibility index (Phi) is 4.74. The highest BCUT2D eigenvalue weighted by atomic mass is 16.5. The molecule has 1 unspecified atom stereocenters. The zero-order chi connectivity index (χ0) is 24.3. The lowest BCUT2D eigenvalue weighted by atomic mass is 9.88. The molecule has 6 rings (SSSR count). The summed E-state index contributed by atoms with van der Waals surface area (Å²) in [6.07, 6.45) is 0.392. The molecule has 0 radical (unpaired) electrons. The predicted octanol–water partition coefficient (Wildman–Crippen LogP) is 4.75. The van der Waals surface area contributed by atoms with Crippen LogP contribution in [-0.4, -0.2) is 40.9 Å². The lowest BCUT2D eigenvalue weighted by Gasteiger charge is -2.36. The Hall–Kier alpha value is -4.39. The molecule has 0 aliphatic carbocycles. The SMILES string of the molecule is COC(=O)c1ccccc1N1C(=O)[C@@H]2Cc3c([nH]c4ccccc34)C(c3cccc(C)c3)N2C1=O. The number of aryl methyl sites for hydroxylation is 1. The van der Waals surface area contributed by atoms with Crippen LogP contribution in [0.25, 0.3) is 10.9 Å². The van der Waals surface area contributed by atoms with Gasteiger partial charge in [0, 0.05) is 23.0 Å². The van der Waals surface area contributed by atoms with E-state index in [9.17, 15) is 14.4 Å². The number of nitrogens with one attached hydrogen (secondary N) is 1. The van der Waals surface area contributed by atoms with Gasteiger partial charge in [0.15, 0.2) is 0 Å². The maximum absolute atomic E-state index is 14.0. The fourth-order valence-corrected chi connectivity index (χ4v) is 5.43. The summed E-state index contributed by atoms with van der Waals surface area (Å²) in [5.74, 6) is -0.947. The van der Waals surface area contributed by atoms with Crippen LogP contribution in [0.5, 0.6) is 0 Å². The number of carbonyl (C=O) groups excluding carboxylic acids is 3. The average Bonchev–Trinajstić information content (AvgIpc) is 3.36. The molecule has 2 aliphatic rings. The predicted molar refractivity (Wildman–Crippen MR) is 131 cm³/mol. The van der Waals surface area contributed by atoms with Crippen molar-refractivity contribution in [1.29, 1.82) is 0 Å². The van der Waals surface area contributed by atoms with Gasteiger partial charge < -0.3 is 9.72 Å². The highest BCUT2D eigenvalue weighted by molar-refractivity contribution is 6.23. The van der Waals surface area contributed by atoms with E-state index in [1.54, 1.807) is 29.2 Å². The Morgan fingerprint density at radius 2 is 1.77 bits per heavy atom. The van der Waals surface area contributed by atoms with Crippen molar-refractivity contribution in [3.63, 3.8) is 0 Å². The van der Waals surface area contributed by atoms with Gasteiger partial charge in [0.2, 0.25) is 0 Å². The summed E-state index contributed by atoms with van der Waals surface area (Å²) >= 11 is 0. The number of esters is 1. The Balaban J connectivity index is 1.55. The molecule has 1 N–H and O–H groups in total. The van der Waals surface area contributed by atoms with E-state index < -0.39 is 24.1 Å². The van der Waals surface area contributed by atoms with Crippen LogP contribution >= 0.6 is 0 Å². The summed E-state index contributed by atoms with van der Waals surface area (Å²) in [6.45, 7) is 2.01. The second-order valence-electron chi connectivity index (χ2n) is 8.97. The first-order chi connectivity index (χ1) is 17.0. The van der Waals surface area contributed by atoms with E-state index in [1.807, 2.05) is 55.5 Å². The van der Waals surface area contributed by atoms with E-state index in [-0.39, 0.29) is 17.2 Å². The lowest BCUT2D eigenvalue weighted by Crippen LogP contribution is -2.44. The number of fused-ring (bicyclic) bond motifs is 4. The number of benzene rings is 3. The molecule has 0 bridgehead atoms. The molecule has 1 fully saturated rings. The van der Waals surface area contributed by atoms with Gasteiger partial charge in [-0.1, -0.05) is 60.2 Å². The monoisotopic (exact) mass is 465 g/mol. The number of para-hydroxylation sites is 2. The van der Waals surface area contributed by atoms with Crippen molar-refractivity contribution in [1.82, 2.24) is 9.88 Å². The minimum atomic E-state index is -0.689. The van der Waals surface area contributed by atoms with Crippen LogP contribution in [0.3, 0.4) is 0 Å². The first kappa shape index (κ1) is 21.2. The van der Waals surface area contributed by atoms with Crippen molar-refractivity contribution in [2.75, 3.05) is 12.0 Å². The molecule has 0 spiro atoms. The number of amides is 3. The van der Waals surface area contributed by atoms with E-state index in [0.29, 0.717) is 6.42 Å². The van der Waals surface area contributed by atoms with Crippen LogP contribution < -0.4 is 4.90 Å². The van der Waals surface area contributed by atoms with E-state index >= 15 is 0 Å². The van der Waals surface area contributed by atoms with Crippen molar-refractivity contribution in [3.8, 4) is 0 Å². The molecule has 2 aliphatic heterocycles. The second-order valence-corrected chi connectivity index (χ2v) is 8.97. The van der Waals surface area contributed by atoms with Crippen molar-refractivity contribution >= 4 is 34.5 Å². The van der Waals surface area contributed by atoms with Crippen molar-refractivity contribution < 1.29 is 19.1 Å². The van der Waals surface area contributed by atoms with Gasteiger partial charge in [0.25, 0.3) is 5.91 Å². The zero-order valence-electron chi connectivity index (χ0n) is 19.3. The van der Waals surface area contributed by atoms with Crippen LogP contribution in [0.15, 0.2) is 72.8 Å². The molecule has 1 saturated heterocycles. The van der Waals surface area contributed by atoms with Crippen LogP contribution in [0.2, 0.25) is 0 Å². The van der Waals surface area contributed by atoms with E-state index in [2.05, 4.69) is 4.98 Å². The quantitative estimate of drug-likeness (QED) is 0.350. The molecule has 7 nitrogen and oxygen atoms in total. The number of urea groups is 1. The van der Waals surface area contributed by atoms with Gasteiger partial charge in [0.05, 0.1) is 18.4 Å². The summed E-state index contributed by atoms with van der Waals surface area (Å²) < 4.78 is 4.91. The molecule has 3 heterocycles. The summed E-state index contributed by atoms with van der Waals surface area (Å²) in [4.78, 5) is 46.6. The maximum atomic E-state index is 14.0. The first-order valence-electron chi connectivity index (χ1n) is 11.5. The van der Waals surface area contributed by atoms with Crippen LogP contribution in [-0.2, 0) is 16.0 Å². The largest absolute Gasteiger partial charge is 0.465 e. The van der Waals surface area contributed by atoms with Crippen molar-refractivity contribution in [3.05, 3.63) is 101 Å². The summed E-state index contributed by atoms with van der Waals surface area (Å²) in [5.41, 5.74) is 5.33. The zero-order valence-corrected chi connectivity index (χ0v) is 19.3. The molecule has 1 aromatic heterocycles. The standard InChI is InChI=1S/C28H23N3O4/c1-16-8-7-9-17(14-16)25-24-20(18-10-3-5-12-21(18)29-24)15-23-26(32)31(28(34)30(23)25)22-13-6-4-11-19(22)27(33)35-2/h3-14,23,25,29H,15H2,1-2H3/t23-,25?/m0/s1. The lowest BCUT2D eigenvalue weighted by molar-refractivity contribution is -0.120. The number of methoxy groups -OCH3 is 1. The third-order valence-corrected chi connectivity index (χ3v) is 6.96. The molecule has 0 saturated carbocycles. The molecule has 2 atom stereocenters. The Labute approximate surface area is 201 Å². The molecule has 35 heavy (non-hydrogen) atoms. The van der Waals surface area contributed by atoms with Gasteiger partial charge in [-0.3, -0.25) is 9.69 Å². The number of H-pyrrole nitrogens is 1. The minimum absolute atomic E-state index is 0.174. The van der Waals surface area contributed by atoms with E-state index in [4.69, 9.17) is 4.74 Å². The summed E-state index contributed by atoms with van der Waals surface area (Å²) in [6, 6.07) is 20.9. The van der Waals surface area contributed by atoms with Crippen molar-refractivity contribution in [2.45, 2.75) is 25.4 Å². The maximum Gasteiger partial charge on any atom is 0.339 e. The number of carbonyl (C=O) groups is 3. The van der Waals surface area contributed by atoms with Crippen LogP contribution in [0, 0.1) is 6.92 Å². The first-order valence-corrected chi connectivity index (χ1v) is 11.5. The molecule has 7 heteroatoms. The number of nitrogens with zero attached hydrogens (tertiary/aromatic N) is 2. The summed E-state index contributed by atoms with van der Waals surface area (Å²) in [7, 11) is 1.28. The molecule has 3 amide bonds. The Bertz CT molecular complexity index is 1520. The van der Waals surface area contributed by atoms with Crippen LogP contribution in [0.1, 0.15) is 38.8 Å². The third-order valence-electron chi connectivity index (χ3n) is 6.96. The second kappa shape index (κ2) is 7.84. The third kappa shape index (κ3) is 3.08. The fraction of sp³-hybridized carbons (Fsp3) is 0.179. The highest BCUT2D eigenvalue weighted by Crippen LogP contribution is 2.45. The molecular weight excluding hydrogens is 442 g/mol. The van der Waals surface area contributed by atoms with Gasteiger partial charge in [-0.05, 0) is 36.2 Å². The summed E-state index contributed by atoms with van der Waals surface area (Å²) in [5, 5.41) is 1.05. The number of aromatic amines is 1. The Morgan fingerprint density at radius 3 is 2.57 bits per heavy atom. The number of imide groups is 1. The van der Waals surface area contributed by atoms with Gasteiger partial charge in [-0.2, -0.15) is 0 Å². The topological polar surface area (TPSA) is 82.7 Å². The smallest absolute Gasteiger partial charge is 0.339 e. The Morgan fingerprint density at radius 1 is 1.00 bits per heavy atom.